The average molecular weight is 236 g/mol. The molecular weight excluding hydrogens is 220 g/mol. The first-order valence-corrected chi connectivity index (χ1v) is 5.45. The van der Waals surface area contributed by atoms with Crippen LogP contribution in [0.1, 0.15) is 13.8 Å². The van der Waals surface area contributed by atoms with Gasteiger partial charge in [-0.25, -0.2) is 0 Å². The van der Waals surface area contributed by atoms with Gasteiger partial charge in [0.25, 0.3) is 0 Å². The summed E-state index contributed by atoms with van der Waals surface area (Å²) in [6.07, 6.45) is 10.1. The smallest absolute Gasteiger partial charge is 0.303 e. The Balaban J connectivity index is 3.00. The molecule has 0 aliphatic heterocycles. The van der Waals surface area contributed by atoms with Crippen LogP contribution in [-0.4, -0.2) is 30.6 Å². The van der Waals surface area contributed by atoms with Crippen LogP contribution < -0.4 is 0 Å². The molecule has 4 nitrogen and oxygen atoms in total. The van der Waals surface area contributed by atoms with Crippen molar-refractivity contribution in [3.05, 3.63) is 36.5 Å². The Bertz CT molecular complexity index is 368. The van der Waals surface area contributed by atoms with E-state index in [4.69, 9.17) is 9.47 Å². The molecule has 0 aromatic carbocycles. The Labute approximate surface area is 101 Å². The molecule has 92 valence electrons. The van der Waals surface area contributed by atoms with E-state index in [-0.39, 0.29) is 0 Å². The van der Waals surface area contributed by atoms with E-state index < -0.39 is 17.7 Å². The van der Waals surface area contributed by atoms with Gasteiger partial charge >= 0.3 is 5.97 Å². The van der Waals surface area contributed by atoms with Gasteiger partial charge in [-0.1, -0.05) is 12.2 Å². The minimum absolute atomic E-state index is 0.390. The molecule has 0 aromatic rings. The van der Waals surface area contributed by atoms with E-state index in [0.29, 0.717) is 12.9 Å². The summed E-state index contributed by atoms with van der Waals surface area (Å²) in [5.41, 5.74) is -0.893. The lowest BCUT2D eigenvalue weighted by Gasteiger charge is -2.34. The fourth-order valence-corrected chi connectivity index (χ4v) is 1.69. The zero-order valence-electron chi connectivity index (χ0n) is 9.96. The van der Waals surface area contributed by atoms with Crippen molar-refractivity contribution in [1.29, 1.82) is 0 Å². The highest BCUT2D eigenvalue weighted by molar-refractivity contribution is 5.67. The third kappa shape index (κ3) is 3.39. The van der Waals surface area contributed by atoms with Crippen molar-refractivity contribution in [2.45, 2.75) is 25.6 Å². The van der Waals surface area contributed by atoms with Crippen LogP contribution in [-0.2, 0) is 19.1 Å². The highest BCUT2D eigenvalue weighted by Gasteiger charge is 2.37. The van der Waals surface area contributed by atoms with Crippen LogP contribution in [0.3, 0.4) is 0 Å². The summed E-state index contributed by atoms with van der Waals surface area (Å²) in [6.45, 7) is 3.62. The Morgan fingerprint density at radius 2 is 2.24 bits per heavy atom. The van der Waals surface area contributed by atoms with Gasteiger partial charge in [0, 0.05) is 13.5 Å². The molecule has 0 saturated heterocycles. The molecule has 1 aliphatic carbocycles. The molecule has 1 aliphatic rings. The van der Waals surface area contributed by atoms with Gasteiger partial charge in [0.05, 0.1) is 0 Å². The van der Waals surface area contributed by atoms with Crippen LogP contribution in [0.25, 0.3) is 0 Å². The van der Waals surface area contributed by atoms with Crippen molar-refractivity contribution in [3.8, 4) is 0 Å². The van der Waals surface area contributed by atoms with Gasteiger partial charge in [-0.2, -0.15) is 0 Å². The van der Waals surface area contributed by atoms with Gasteiger partial charge in [0.1, 0.15) is 11.9 Å². The monoisotopic (exact) mass is 236 g/mol. The number of esters is 1. The lowest BCUT2D eigenvalue weighted by molar-refractivity contribution is -0.153. The first-order valence-electron chi connectivity index (χ1n) is 5.45. The maximum absolute atomic E-state index is 11.0. The third-order valence-corrected chi connectivity index (χ3v) is 2.32. The van der Waals surface area contributed by atoms with Crippen LogP contribution in [0.5, 0.6) is 0 Å². The van der Waals surface area contributed by atoms with Gasteiger partial charge in [0.2, 0.25) is 0 Å². The molecule has 0 aromatic heterocycles. The molecule has 2 atom stereocenters. The maximum Gasteiger partial charge on any atom is 0.303 e. The van der Waals surface area contributed by atoms with Crippen LogP contribution in [0, 0.1) is 0 Å². The van der Waals surface area contributed by atoms with E-state index in [1.807, 2.05) is 6.92 Å². The second-order valence-corrected chi connectivity index (χ2v) is 3.56. The standard InChI is InChI=1S/C13H16O4/c1-3-16-13(9-6-10-14)8-5-4-7-12(13)17-11(2)15/h4-10,12H,3H2,1-2H3. The summed E-state index contributed by atoms with van der Waals surface area (Å²) < 4.78 is 10.8. The largest absolute Gasteiger partial charge is 0.454 e. The predicted molar refractivity (Wildman–Crippen MR) is 63.4 cm³/mol. The number of aldehydes is 1. The second kappa shape index (κ2) is 6.15. The molecule has 0 bridgehead atoms. The molecule has 0 spiro atoms. The fraction of sp³-hybridized carbons (Fsp3) is 0.385. The molecule has 1 rings (SSSR count). The molecule has 0 amide bonds. The summed E-state index contributed by atoms with van der Waals surface area (Å²) >= 11 is 0. The van der Waals surface area contributed by atoms with Crippen molar-refractivity contribution < 1.29 is 19.1 Å². The van der Waals surface area contributed by atoms with E-state index in [9.17, 15) is 9.59 Å². The second-order valence-electron chi connectivity index (χ2n) is 3.56. The van der Waals surface area contributed by atoms with Gasteiger partial charge < -0.3 is 9.47 Å². The first-order chi connectivity index (χ1) is 8.14. The van der Waals surface area contributed by atoms with Crippen LogP contribution in [0.4, 0.5) is 0 Å². The number of hydrogen-bond acceptors (Lipinski definition) is 4. The molecule has 0 N–H and O–H groups in total. The maximum atomic E-state index is 11.0. The summed E-state index contributed by atoms with van der Waals surface area (Å²) in [5, 5.41) is 0. The van der Waals surface area contributed by atoms with Crippen LogP contribution >= 0.6 is 0 Å². The van der Waals surface area contributed by atoms with Gasteiger partial charge in [-0.3, -0.25) is 9.59 Å². The van der Waals surface area contributed by atoms with Gasteiger partial charge in [0.15, 0.2) is 6.10 Å². The number of hydrogen-bond donors (Lipinski definition) is 0. The molecule has 0 heterocycles. The van der Waals surface area contributed by atoms with E-state index in [0.717, 1.165) is 0 Å². The fourth-order valence-electron chi connectivity index (χ4n) is 1.69. The first kappa shape index (κ1) is 13.4. The Morgan fingerprint density at radius 3 is 2.82 bits per heavy atom. The topological polar surface area (TPSA) is 52.6 Å². The van der Waals surface area contributed by atoms with E-state index in [1.54, 1.807) is 30.4 Å². The normalized spacial score (nSPS) is 27.3. The molecule has 0 fully saturated rings. The summed E-state index contributed by atoms with van der Waals surface area (Å²) in [4.78, 5) is 21.5. The lowest BCUT2D eigenvalue weighted by atomic mass is 9.91. The molecular formula is C13H16O4. The van der Waals surface area contributed by atoms with Crippen LogP contribution in [0.15, 0.2) is 36.5 Å². The van der Waals surface area contributed by atoms with E-state index >= 15 is 0 Å². The average Bonchev–Trinajstić information content (AvgIpc) is 2.29. The van der Waals surface area contributed by atoms with Crippen molar-refractivity contribution in [2.75, 3.05) is 6.61 Å². The van der Waals surface area contributed by atoms with E-state index in [1.165, 1.54) is 13.0 Å². The zero-order valence-corrected chi connectivity index (χ0v) is 9.96. The number of carbonyl (C=O) groups is 2. The lowest BCUT2D eigenvalue weighted by Crippen LogP contribution is -2.44. The number of allylic oxidation sites excluding steroid dienone is 3. The Morgan fingerprint density at radius 1 is 1.47 bits per heavy atom. The SMILES string of the molecule is CCOC1(C=CC=O)C=CC=CC1OC(C)=O. The highest BCUT2D eigenvalue weighted by Crippen LogP contribution is 2.27. The van der Waals surface area contributed by atoms with Crippen molar-refractivity contribution >= 4 is 12.3 Å². The third-order valence-electron chi connectivity index (χ3n) is 2.32. The zero-order chi connectivity index (χ0) is 12.7. The van der Waals surface area contributed by atoms with Crippen LogP contribution in [0.2, 0.25) is 0 Å². The number of carbonyl (C=O) groups excluding carboxylic acids is 2. The summed E-state index contributed by atoms with van der Waals surface area (Å²) in [6, 6.07) is 0. The molecule has 4 heteroatoms. The van der Waals surface area contributed by atoms with Crippen molar-refractivity contribution in [1.82, 2.24) is 0 Å². The molecule has 0 saturated carbocycles. The van der Waals surface area contributed by atoms with Crippen molar-refractivity contribution in [2.24, 2.45) is 0 Å². The number of rotatable bonds is 5. The minimum atomic E-state index is -0.893. The molecule has 2 unspecified atom stereocenters. The van der Waals surface area contributed by atoms with Gasteiger partial charge in [-0.05, 0) is 31.2 Å². The quantitative estimate of drug-likeness (QED) is 0.413. The Kier molecular flexibility index (Phi) is 4.84. The Hall–Kier alpha value is -1.68. The van der Waals surface area contributed by atoms with E-state index in [2.05, 4.69) is 0 Å². The molecule has 17 heavy (non-hydrogen) atoms. The molecule has 0 radical (unpaired) electrons. The summed E-state index contributed by atoms with van der Waals surface area (Å²) in [7, 11) is 0. The minimum Gasteiger partial charge on any atom is -0.454 e. The summed E-state index contributed by atoms with van der Waals surface area (Å²) in [5.74, 6) is -0.390. The number of ether oxygens (including phenoxy) is 2. The van der Waals surface area contributed by atoms with Crippen molar-refractivity contribution in [3.63, 3.8) is 0 Å². The highest BCUT2D eigenvalue weighted by atomic mass is 16.6. The predicted octanol–water partition coefficient (Wildman–Crippen LogP) is 1.57. The van der Waals surface area contributed by atoms with Gasteiger partial charge in [-0.15, -0.1) is 0 Å².